The lowest BCUT2D eigenvalue weighted by molar-refractivity contribution is -0.133. The molecule has 1 saturated carbocycles. The average molecular weight is 339 g/mol. The summed E-state index contributed by atoms with van der Waals surface area (Å²) in [5.74, 6) is 0.142. The summed E-state index contributed by atoms with van der Waals surface area (Å²) in [6.07, 6.45) is 4.51. The molecule has 3 rings (SSSR count). The summed E-state index contributed by atoms with van der Waals surface area (Å²) >= 11 is 1.65. The third-order valence-electron chi connectivity index (χ3n) is 3.69. The molecule has 1 amide bonds. The Balaban J connectivity index is 0.000001000. The van der Waals surface area contributed by atoms with Crippen LogP contribution in [0.4, 0.5) is 5.13 Å². The Hall–Kier alpha value is -0.560. The van der Waals surface area contributed by atoms with E-state index in [9.17, 15) is 4.79 Å². The number of thiazole rings is 1. The van der Waals surface area contributed by atoms with E-state index in [4.69, 9.17) is 5.73 Å². The number of rotatable bonds is 2. The largest absolute Gasteiger partial charge is 0.346 e. The summed E-state index contributed by atoms with van der Waals surface area (Å²) in [5, 5.41) is 3.04. The van der Waals surface area contributed by atoms with Crippen LogP contribution in [0.2, 0.25) is 0 Å². The van der Waals surface area contributed by atoms with Crippen LogP contribution in [-0.4, -0.2) is 47.5 Å². The first kappa shape index (κ1) is 17.5. The summed E-state index contributed by atoms with van der Waals surface area (Å²) in [7, 11) is 0. The highest BCUT2D eigenvalue weighted by Crippen LogP contribution is 2.34. The fourth-order valence-electron chi connectivity index (χ4n) is 2.35. The van der Waals surface area contributed by atoms with Gasteiger partial charge in [0, 0.05) is 37.8 Å². The molecule has 0 bridgehead atoms. The highest BCUT2D eigenvalue weighted by Gasteiger charge is 2.48. The van der Waals surface area contributed by atoms with Crippen LogP contribution in [0.1, 0.15) is 19.3 Å². The second-order valence-corrected chi connectivity index (χ2v) is 5.98. The molecule has 2 heterocycles. The molecule has 1 saturated heterocycles. The van der Waals surface area contributed by atoms with Crippen molar-refractivity contribution in [1.82, 2.24) is 9.88 Å². The van der Waals surface area contributed by atoms with Crippen LogP contribution in [0.15, 0.2) is 11.6 Å². The minimum atomic E-state index is -0.531. The van der Waals surface area contributed by atoms with E-state index in [-0.39, 0.29) is 30.7 Å². The van der Waals surface area contributed by atoms with Gasteiger partial charge < -0.3 is 15.5 Å². The van der Waals surface area contributed by atoms with Gasteiger partial charge in [-0.25, -0.2) is 4.98 Å². The Labute approximate surface area is 135 Å². The highest BCUT2D eigenvalue weighted by molar-refractivity contribution is 7.13. The molecule has 2 aliphatic rings. The summed E-state index contributed by atoms with van der Waals surface area (Å²) in [5.41, 5.74) is 5.45. The van der Waals surface area contributed by atoms with Crippen molar-refractivity contribution in [3.05, 3.63) is 11.6 Å². The van der Waals surface area contributed by atoms with Crippen molar-refractivity contribution >= 4 is 47.2 Å². The van der Waals surface area contributed by atoms with Gasteiger partial charge in [-0.1, -0.05) is 0 Å². The fraction of sp³-hybridized carbons (Fsp3) is 0.667. The number of hydrogen-bond donors (Lipinski definition) is 1. The fourth-order valence-corrected chi connectivity index (χ4v) is 3.04. The van der Waals surface area contributed by atoms with Gasteiger partial charge in [0.15, 0.2) is 5.13 Å². The third-order valence-corrected chi connectivity index (χ3v) is 4.52. The molecule has 8 heteroatoms. The van der Waals surface area contributed by atoms with Crippen molar-refractivity contribution < 1.29 is 4.79 Å². The molecule has 0 aromatic carbocycles. The van der Waals surface area contributed by atoms with E-state index in [0.29, 0.717) is 0 Å². The first-order chi connectivity index (χ1) is 8.69. The number of nitrogens with zero attached hydrogens (tertiary/aromatic N) is 3. The number of carbonyl (C=O) groups is 1. The number of aromatic nitrogens is 1. The van der Waals surface area contributed by atoms with Gasteiger partial charge in [0.1, 0.15) is 0 Å². The SMILES string of the molecule is Cl.Cl.NC1(C(=O)N2CCCN(c3nccs3)CC2)CC1. The quantitative estimate of drug-likeness (QED) is 0.887. The summed E-state index contributed by atoms with van der Waals surface area (Å²) in [6, 6.07) is 0. The van der Waals surface area contributed by atoms with Crippen LogP contribution < -0.4 is 10.6 Å². The van der Waals surface area contributed by atoms with Crippen LogP contribution in [-0.2, 0) is 4.79 Å². The number of halogens is 2. The molecule has 0 atom stereocenters. The van der Waals surface area contributed by atoms with Crippen molar-refractivity contribution in [2.75, 3.05) is 31.1 Å². The van der Waals surface area contributed by atoms with Crippen LogP contribution in [0, 0.1) is 0 Å². The molecular weight excluding hydrogens is 319 g/mol. The first-order valence-corrected chi connectivity index (χ1v) is 7.30. The molecule has 20 heavy (non-hydrogen) atoms. The standard InChI is InChI=1S/C12H18N4OS.2ClH/c13-12(2-3-12)10(17)15-5-1-6-16(8-7-15)11-14-4-9-18-11;;/h4,9H,1-3,5-8,13H2;2*1H. The van der Waals surface area contributed by atoms with Gasteiger partial charge in [-0.05, 0) is 19.3 Å². The smallest absolute Gasteiger partial charge is 0.242 e. The molecule has 1 aliphatic carbocycles. The topological polar surface area (TPSA) is 62.5 Å². The van der Waals surface area contributed by atoms with E-state index in [1.807, 2.05) is 16.5 Å². The molecule has 1 aromatic heterocycles. The Kier molecular flexibility index (Phi) is 6.06. The van der Waals surface area contributed by atoms with E-state index >= 15 is 0 Å². The first-order valence-electron chi connectivity index (χ1n) is 6.42. The van der Waals surface area contributed by atoms with Gasteiger partial charge >= 0.3 is 0 Å². The van der Waals surface area contributed by atoms with Crippen LogP contribution >= 0.6 is 36.2 Å². The molecule has 2 fully saturated rings. The van der Waals surface area contributed by atoms with E-state index in [2.05, 4.69) is 9.88 Å². The van der Waals surface area contributed by atoms with Gasteiger partial charge in [-0.2, -0.15) is 0 Å². The van der Waals surface area contributed by atoms with Crippen molar-refractivity contribution in [2.45, 2.75) is 24.8 Å². The van der Waals surface area contributed by atoms with Gasteiger partial charge in [0.25, 0.3) is 0 Å². The maximum Gasteiger partial charge on any atom is 0.242 e. The van der Waals surface area contributed by atoms with Crippen molar-refractivity contribution in [3.8, 4) is 0 Å². The van der Waals surface area contributed by atoms with Crippen molar-refractivity contribution in [3.63, 3.8) is 0 Å². The average Bonchev–Trinajstić information content (AvgIpc) is 2.98. The summed E-state index contributed by atoms with van der Waals surface area (Å²) < 4.78 is 0. The molecule has 0 unspecified atom stereocenters. The van der Waals surface area contributed by atoms with E-state index < -0.39 is 5.54 Å². The number of nitrogens with two attached hydrogens (primary N) is 1. The van der Waals surface area contributed by atoms with E-state index in [1.54, 1.807) is 11.3 Å². The molecule has 2 N–H and O–H groups in total. The summed E-state index contributed by atoms with van der Waals surface area (Å²) in [4.78, 5) is 20.7. The maximum atomic E-state index is 12.2. The zero-order chi connectivity index (χ0) is 12.6. The maximum absolute atomic E-state index is 12.2. The number of amides is 1. The number of carbonyl (C=O) groups excluding carboxylic acids is 1. The van der Waals surface area contributed by atoms with Gasteiger partial charge in [-0.3, -0.25) is 4.79 Å². The lowest BCUT2D eigenvalue weighted by Gasteiger charge is -2.24. The predicted molar refractivity (Wildman–Crippen MR) is 86.2 cm³/mol. The molecule has 0 radical (unpaired) electrons. The lowest BCUT2D eigenvalue weighted by Crippen LogP contribution is -2.47. The number of hydrogen-bond acceptors (Lipinski definition) is 5. The monoisotopic (exact) mass is 338 g/mol. The Morgan fingerprint density at radius 1 is 1.25 bits per heavy atom. The van der Waals surface area contributed by atoms with E-state index in [0.717, 1.165) is 50.6 Å². The van der Waals surface area contributed by atoms with Gasteiger partial charge in [0.05, 0.1) is 5.54 Å². The Morgan fingerprint density at radius 3 is 2.60 bits per heavy atom. The predicted octanol–water partition coefficient (Wildman–Crippen LogP) is 1.52. The normalized spacial score (nSPS) is 20.4. The lowest BCUT2D eigenvalue weighted by atomic mass is 10.2. The minimum absolute atomic E-state index is 0. The second-order valence-electron chi connectivity index (χ2n) is 5.10. The zero-order valence-corrected chi connectivity index (χ0v) is 13.6. The molecule has 114 valence electrons. The van der Waals surface area contributed by atoms with Crippen LogP contribution in [0.5, 0.6) is 0 Å². The molecule has 1 aromatic rings. The highest BCUT2D eigenvalue weighted by atomic mass is 35.5. The second kappa shape index (κ2) is 6.93. The molecule has 1 aliphatic heterocycles. The summed E-state index contributed by atoms with van der Waals surface area (Å²) in [6.45, 7) is 3.40. The Morgan fingerprint density at radius 2 is 2.00 bits per heavy atom. The van der Waals surface area contributed by atoms with Crippen molar-refractivity contribution in [1.29, 1.82) is 0 Å². The molecule has 5 nitrogen and oxygen atoms in total. The minimum Gasteiger partial charge on any atom is -0.346 e. The third kappa shape index (κ3) is 3.55. The molecule has 0 spiro atoms. The Bertz CT molecular complexity index is 439. The van der Waals surface area contributed by atoms with Gasteiger partial charge in [0.2, 0.25) is 5.91 Å². The molecular formula is C12H20Cl2N4OS. The van der Waals surface area contributed by atoms with Gasteiger partial charge in [-0.15, -0.1) is 36.2 Å². The van der Waals surface area contributed by atoms with Crippen LogP contribution in [0.25, 0.3) is 0 Å². The van der Waals surface area contributed by atoms with E-state index in [1.165, 1.54) is 0 Å². The van der Waals surface area contributed by atoms with Crippen LogP contribution in [0.3, 0.4) is 0 Å². The van der Waals surface area contributed by atoms with Crippen molar-refractivity contribution in [2.24, 2.45) is 5.73 Å². The zero-order valence-electron chi connectivity index (χ0n) is 11.2. The number of anilines is 1.